The molecule has 0 radical (unpaired) electrons. The number of halogens is 2. The van der Waals surface area contributed by atoms with Gasteiger partial charge in [0.25, 0.3) is 5.76 Å². The van der Waals surface area contributed by atoms with Crippen LogP contribution in [0.25, 0.3) is 0 Å². The Hall–Kier alpha value is -1.66. The van der Waals surface area contributed by atoms with Crippen LogP contribution in [0, 0.1) is 0 Å². The lowest BCUT2D eigenvalue weighted by Crippen LogP contribution is -2.38. The van der Waals surface area contributed by atoms with E-state index in [1.807, 2.05) is 12.1 Å². The fourth-order valence-corrected chi connectivity index (χ4v) is 3.67. The number of benzene rings is 2. The number of nitrogens with one attached hydrogen (secondary N) is 1. The molecular formula is C17H16F2N2S2. The van der Waals surface area contributed by atoms with Crippen molar-refractivity contribution in [2.75, 3.05) is 10.2 Å². The lowest BCUT2D eigenvalue weighted by molar-refractivity contribution is 0.252. The Balaban J connectivity index is 1.72. The predicted molar refractivity (Wildman–Crippen MR) is 96.6 cm³/mol. The van der Waals surface area contributed by atoms with Crippen molar-refractivity contribution in [3.8, 4) is 0 Å². The van der Waals surface area contributed by atoms with E-state index in [0.717, 1.165) is 17.8 Å². The van der Waals surface area contributed by atoms with Crippen molar-refractivity contribution in [2.45, 2.75) is 30.0 Å². The maximum Gasteiger partial charge on any atom is 0.288 e. The van der Waals surface area contributed by atoms with Crippen LogP contribution in [-0.2, 0) is 6.42 Å². The van der Waals surface area contributed by atoms with Gasteiger partial charge in [-0.15, -0.1) is 0 Å². The van der Waals surface area contributed by atoms with E-state index in [4.69, 9.17) is 12.2 Å². The van der Waals surface area contributed by atoms with E-state index < -0.39 is 5.76 Å². The summed E-state index contributed by atoms with van der Waals surface area (Å²) in [6, 6.07) is 15.4. The summed E-state index contributed by atoms with van der Waals surface area (Å²) in [5.41, 5.74) is 3.21. The number of hydrogen-bond donors (Lipinski definition) is 1. The minimum Gasteiger partial charge on any atom is -0.332 e. The van der Waals surface area contributed by atoms with Crippen LogP contribution in [0.4, 0.5) is 20.2 Å². The molecule has 0 aromatic heterocycles. The number of anilines is 2. The van der Waals surface area contributed by atoms with Gasteiger partial charge in [-0.1, -0.05) is 30.0 Å². The standard InChI is InChI=1S/C17H16F2N2S2/c1-11-10-12-4-2-3-5-15(12)21(11)17(22)20-13-6-8-14(9-7-13)23-16(18)19/h2-9,11,16H,10H2,1H3,(H,20,22). The fourth-order valence-electron chi connectivity index (χ4n) is 2.78. The molecule has 1 aliphatic heterocycles. The summed E-state index contributed by atoms with van der Waals surface area (Å²) in [6.07, 6.45) is 0.960. The van der Waals surface area contributed by atoms with Crippen LogP contribution in [0.1, 0.15) is 12.5 Å². The van der Waals surface area contributed by atoms with Crippen LogP contribution in [-0.4, -0.2) is 16.9 Å². The van der Waals surface area contributed by atoms with Gasteiger partial charge in [0.1, 0.15) is 0 Å². The number of rotatable bonds is 3. The zero-order chi connectivity index (χ0) is 16.4. The first-order chi connectivity index (χ1) is 11.0. The van der Waals surface area contributed by atoms with Gasteiger partial charge in [-0.2, -0.15) is 8.78 Å². The molecule has 3 rings (SSSR count). The van der Waals surface area contributed by atoms with Crippen molar-refractivity contribution < 1.29 is 8.78 Å². The normalized spacial score (nSPS) is 16.5. The highest BCUT2D eigenvalue weighted by Gasteiger charge is 2.28. The topological polar surface area (TPSA) is 15.3 Å². The highest BCUT2D eigenvalue weighted by Crippen LogP contribution is 2.32. The van der Waals surface area contributed by atoms with Gasteiger partial charge in [0, 0.05) is 22.3 Å². The fraction of sp³-hybridized carbons (Fsp3) is 0.235. The quantitative estimate of drug-likeness (QED) is 0.608. The number of hydrogen-bond acceptors (Lipinski definition) is 2. The Morgan fingerprint density at radius 3 is 2.61 bits per heavy atom. The zero-order valence-electron chi connectivity index (χ0n) is 12.5. The number of thioether (sulfide) groups is 1. The Labute approximate surface area is 143 Å². The second kappa shape index (κ2) is 6.84. The largest absolute Gasteiger partial charge is 0.332 e. The second-order valence-electron chi connectivity index (χ2n) is 5.38. The molecule has 0 spiro atoms. The van der Waals surface area contributed by atoms with Gasteiger partial charge in [-0.3, -0.25) is 0 Å². The smallest absolute Gasteiger partial charge is 0.288 e. The molecule has 0 aliphatic carbocycles. The second-order valence-corrected chi connectivity index (χ2v) is 6.84. The molecule has 2 aromatic carbocycles. The van der Waals surface area contributed by atoms with E-state index in [0.29, 0.717) is 27.8 Å². The molecule has 1 heterocycles. The minimum atomic E-state index is -2.41. The average Bonchev–Trinajstić information content (AvgIpc) is 2.84. The molecule has 6 heteroatoms. The van der Waals surface area contributed by atoms with Crippen LogP contribution >= 0.6 is 24.0 Å². The van der Waals surface area contributed by atoms with E-state index >= 15 is 0 Å². The molecule has 0 fully saturated rings. The summed E-state index contributed by atoms with van der Waals surface area (Å²) in [4.78, 5) is 2.64. The molecule has 1 aliphatic rings. The van der Waals surface area contributed by atoms with Crippen LogP contribution in [0.2, 0.25) is 0 Å². The van der Waals surface area contributed by atoms with Crippen molar-refractivity contribution in [3.05, 3.63) is 54.1 Å². The third-order valence-electron chi connectivity index (χ3n) is 3.76. The number of para-hydroxylation sites is 1. The van der Waals surface area contributed by atoms with E-state index in [1.165, 1.54) is 5.56 Å². The van der Waals surface area contributed by atoms with Gasteiger partial charge < -0.3 is 10.2 Å². The summed E-state index contributed by atoms with van der Waals surface area (Å²) in [5, 5.41) is 3.82. The van der Waals surface area contributed by atoms with Crippen molar-refractivity contribution in [1.29, 1.82) is 0 Å². The molecule has 0 saturated carbocycles. The van der Waals surface area contributed by atoms with Crippen LogP contribution in [0.15, 0.2) is 53.4 Å². The van der Waals surface area contributed by atoms with Gasteiger partial charge in [0.2, 0.25) is 0 Å². The molecule has 23 heavy (non-hydrogen) atoms. The van der Waals surface area contributed by atoms with Gasteiger partial charge in [-0.05, 0) is 61.5 Å². The van der Waals surface area contributed by atoms with Crippen LogP contribution < -0.4 is 10.2 Å². The molecule has 1 atom stereocenters. The average molecular weight is 350 g/mol. The molecule has 2 aromatic rings. The van der Waals surface area contributed by atoms with Crippen molar-refractivity contribution in [1.82, 2.24) is 0 Å². The summed E-state index contributed by atoms with van der Waals surface area (Å²) in [5.74, 6) is -2.41. The highest BCUT2D eigenvalue weighted by molar-refractivity contribution is 7.99. The number of thiocarbonyl (C=S) groups is 1. The van der Waals surface area contributed by atoms with Crippen molar-refractivity contribution in [2.24, 2.45) is 0 Å². The maximum absolute atomic E-state index is 12.3. The molecule has 1 N–H and O–H groups in total. The first-order valence-electron chi connectivity index (χ1n) is 7.27. The van der Waals surface area contributed by atoms with Crippen LogP contribution in [0.5, 0.6) is 0 Å². The summed E-state index contributed by atoms with van der Waals surface area (Å²) < 4.78 is 24.7. The lowest BCUT2D eigenvalue weighted by Gasteiger charge is -2.26. The molecule has 0 saturated heterocycles. The Morgan fingerprint density at radius 2 is 1.91 bits per heavy atom. The zero-order valence-corrected chi connectivity index (χ0v) is 14.1. The molecular weight excluding hydrogens is 334 g/mol. The first-order valence-corrected chi connectivity index (χ1v) is 8.56. The Bertz CT molecular complexity index is 704. The Morgan fingerprint density at radius 1 is 1.22 bits per heavy atom. The first kappa shape index (κ1) is 16.2. The third kappa shape index (κ3) is 3.64. The van der Waals surface area contributed by atoms with Crippen molar-refractivity contribution >= 4 is 40.5 Å². The predicted octanol–water partition coefficient (Wildman–Crippen LogP) is 5.15. The lowest BCUT2D eigenvalue weighted by atomic mass is 10.1. The van der Waals surface area contributed by atoms with E-state index in [1.54, 1.807) is 24.3 Å². The third-order valence-corrected chi connectivity index (χ3v) is 4.78. The van der Waals surface area contributed by atoms with Crippen molar-refractivity contribution in [3.63, 3.8) is 0 Å². The van der Waals surface area contributed by atoms with E-state index in [2.05, 4.69) is 29.3 Å². The summed E-state index contributed by atoms with van der Waals surface area (Å²) in [6.45, 7) is 2.14. The minimum absolute atomic E-state index is 0.293. The van der Waals surface area contributed by atoms with Crippen LogP contribution in [0.3, 0.4) is 0 Å². The number of alkyl halides is 2. The Kier molecular flexibility index (Phi) is 4.82. The summed E-state index contributed by atoms with van der Waals surface area (Å²) in [7, 11) is 0. The van der Waals surface area contributed by atoms with E-state index in [9.17, 15) is 8.78 Å². The number of nitrogens with zero attached hydrogens (tertiary/aromatic N) is 1. The molecule has 1 unspecified atom stereocenters. The summed E-state index contributed by atoms with van der Waals surface area (Å²) >= 11 is 6.08. The number of fused-ring (bicyclic) bond motifs is 1. The molecule has 120 valence electrons. The monoisotopic (exact) mass is 350 g/mol. The van der Waals surface area contributed by atoms with Gasteiger partial charge >= 0.3 is 0 Å². The molecule has 2 nitrogen and oxygen atoms in total. The van der Waals surface area contributed by atoms with E-state index in [-0.39, 0.29) is 0 Å². The van der Waals surface area contributed by atoms with Gasteiger partial charge in [0.15, 0.2) is 5.11 Å². The maximum atomic E-state index is 12.3. The van der Waals surface area contributed by atoms with Gasteiger partial charge in [0.05, 0.1) is 0 Å². The molecule has 0 bridgehead atoms. The van der Waals surface area contributed by atoms with Gasteiger partial charge in [-0.25, -0.2) is 0 Å². The molecule has 0 amide bonds. The SMILES string of the molecule is CC1Cc2ccccc2N1C(=S)Nc1ccc(SC(F)F)cc1. The highest BCUT2D eigenvalue weighted by atomic mass is 32.2.